The van der Waals surface area contributed by atoms with Gasteiger partial charge in [0, 0.05) is 19.0 Å². The normalized spacial score (nSPS) is 16.9. The molecule has 116 valence electrons. The molecule has 0 aromatic heterocycles. The maximum Gasteiger partial charge on any atom is 0.267 e. The Balaban J connectivity index is 2.33. The minimum atomic E-state index is -2.89. The Labute approximate surface area is 119 Å². The van der Waals surface area contributed by atoms with Crippen LogP contribution in [0.15, 0.2) is 12.1 Å². The summed E-state index contributed by atoms with van der Waals surface area (Å²) in [5, 5.41) is 0. The summed E-state index contributed by atoms with van der Waals surface area (Å²) in [4.78, 5) is 13.3. The summed E-state index contributed by atoms with van der Waals surface area (Å²) in [5.41, 5.74) is 5.73. The minimum Gasteiger partial charge on any atom is -0.496 e. The second kappa shape index (κ2) is 5.71. The van der Waals surface area contributed by atoms with Crippen molar-refractivity contribution in [3.05, 3.63) is 17.7 Å². The van der Waals surface area contributed by atoms with Crippen LogP contribution in [0, 0.1) is 0 Å². The van der Waals surface area contributed by atoms with Crippen LogP contribution >= 0.6 is 0 Å². The molecule has 0 aliphatic carbocycles. The molecule has 0 unspecified atom stereocenters. The van der Waals surface area contributed by atoms with Crippen LogP contribution in [0.5, 0.6) is 11.5 Å². The molecule has 0 atom stereocenters. The summed E-state index contributed by atoms with van der Waals surface area (Å²) < 4.78 is 48.4. The predicted molar refractivity (Wildman–Crippen MR) is 69.5 cm³/mol. The van der Waals surface area contributed by atoms with Crippen LogP contribution in [0.3, 0.4) is 0 Å². The summed E-state index contributed by atoms with van der Waals surface area (Å²) in [6.45, 7) is -1.83. The van der Waals surface area contributed by atoms with E-state index in [0.29, 0.717) is 0 Å². The number of halogens is 3. The maximum absolute atomic E-state index is 13.2. The minimum absolute atomic E-state index is 0.00727. The van der Waals surface area contributed by atoms with Crippen molar-refractivity contribution in [2.75, 3.05) is 32.8 Å². The Morgan fingerprint density at radius 2 is 2.14 bits per heavy atom. The summed E-state index contributed by atoms with van der Waals surface area (Å²) in [5.74, 6) is -3.44. The van der Waals surface area contributed by atoms with E-state index in [4.69, 9.17) is 10.5 Å². The first kappa shape index (κ1) is 15.3. The number of carbonyl (C=O) groups excluding carboxylic acids is 1. The molecule has 0 saturated carbocycles. The van der Waals surface area contributed by atoms with Crippen LogP contribution in [-0.2, 0) is 0 Å². The molecule has 1 amide bonds. The van der Waals surface area contributed by atoms with Gasteiger partial charge in [0.15, 0.2) is 0 Å². The van der Waals surface area contributed by atoms with Crippen molar-refractivity contribution in [1.29, 1.82) is 0 Å². The molecule has 1 aliphatic heterocycles. The third-order valence-corrected chi connectivity index (χ3v) is 3.23. The molecule has 0 bridgehead atoms. The fraction of sp³-hybridized carbons (Fsp3) is 0.462. The number of hydrogen-bond acceptors (Lipinski definition) is 4. The Morgan fingerprint density at radius 3 is 2.67 bits per heavy atom. The number of anilines is 1. The largest absolute Gasteiger partial charge is 0.496 e. The van der Waals surface area contributed by atoms with E-state index in [0.717, 1.165) is 4.90 Å². The lowest BCUT2D eigenvalue weighted by Gasteiger charge is -2.19. The molecule has 2 N–H and O–H groups in total. The van der Waals surface area contributed by atoms with E-state index in [9.17, 15) is 18.0 Å². The molecule has 1 fully saturated rings. The second-order valence-electron chi connectivity index (χ2n) is 4.68. The van der Waals surface area contributed by atoms with Crippen molar-refractivity contribution in [3.63, 3.8) is 0 Å². The lowest BCUT2D eigenvalue weighted by atomic mass is 10.1. The van der Waals surface area contributed by atoms with Crippen molar-refractivity contribution in [2.24, 2.45) is 0 Å². The fourth-order valence-electron chi connectivity index (χ4n) is 2.18. The maximum atomic E-state index is 13.2. The first-order valence-electron chi connectivity index (χ1n) is 6.21. The number of rotatable bonds is 4. The number of nitrogens with zero attached hydrogens (tertiary/aromatic N) is 1. The van der Waals surface area contributed by atoms with Gasteiger partial charge >= 0.3 is 0 Å². The topological polar surface area (TPSA) is 64.8 Å². The van der Waals surface area contributed by atoms with Gasteiger partial charge in [-0.2, -0.15) is 0 Å². The van der Waals surface area contributed by atoms with Gasteiger partial charge in [0.25, 0.3) is 11.8 Å². The van der Waals surface area contributed by atoms with Crippen LogP contribution in [0.2, 0.25) is 0 Å². The molecule has 1 saturated heterocycles. The van der Waals surface area contributed by atoms with Gasteiger partial charge in [0.1, 0.15) is 11.5 Å². The molecule has 1 aromatic rings. The van der Waals surface area contributed by atoms with Gasteiger partial charge in [-0.15, -0.1) is 0 Å². The van der Waals surface area contributed by atoms with Crippen LogP contribution in [0.4, 0.5) is 18.9 Å². The second-order valence-corrected chi connectivity index (χ2v) is 4.68. The number of likely N-dealkylation sites (tertiary alicyclic amines) is 1. The molecule has 1 aliphatic rings. The number of nitrogens with two attached hydrogens (primary N) is 1. The van der Waals surface area contributed by atoms with E-state index in [2.05, 4.69) is 4.74 Å². The Morgan fingerprint density at radius 1 is 1.43 bits per heavy atom. The van der Waals surface area contributed by atoms with Gasteiger partial charge < -0.3 is 20.1 Å². The zero-order valence-electron chi connectivity index (χ0n) is 11.4. The Bertz CT molecular complexity index is 552. The van der Waals surface area contributed by atoms with Crippen molar-refractivity contribution in [1.82, 2.24) is 4.90 Å². The van der Waals surface area contributed by atoms with E-state index in [1.807, 2.05) is 0 Å². The molecule has 0 radical (unpaired) electrons. The zero-order chi connectivity index (χ0) is 15.6. The van der Waals surface area contributed by atoms with Gasteiger partial charge in [-0.05, 0) is 6.07 Å². The predicted octanol–water partition coefficient (Wildman–Crippen LogP) is 2.06. The van der Waals surface area contributed by atoms with Crippen LogP contribution < -0.4 is 15.2 Å². The average Bonchev–Trinajstić information content (AvgIpc) is 2.80. The highest BCUT2D eigenvalue weighted by molar-refractivity contribution is 5.98. The number of carbonyl (C=O) groups is 1. The fourth-order valence-corrected chi connectivity index (χ4v) is 2.18. The summed E-state index contributed by atoms with van der Waals surface area (Å²) in [7, 11) is 1.32. The molecule has 0 spiro atoms. The van der Waals surface area contributed by atoms with Gasteiger partial charge in [0.05, 0.1) is 24.9 Å². The van der Waals surface area contributed by atoms with Gasteiger partial charge in [-0.3, -0.25) is 4.79 Å². The van der Waals surface area contributed by atoms with E-state index >= 15 is 0 Å². The van der Waals surface area contributed by atoms with Crippen molar-refractivity contribution >= 4 is 11.6 Å². The highest BCUT2D eigenvalue weighted by Gasteiger charge is 2.41. The van der Waals surface area contributed by atoms with Crippen LogP contribution in [0.1, 0.15) is 16.8 Å². The monoisotopic (exact) mass is 304 g/mol. The standard InChI is InChI=1S/C13H15F3N2O3/c1-20-10-5-9(17)11(21-7-14)4-8(10)12(19)18-3-2-13(15,16)6-18/h4-5H,2-3,6-7,17H2,1H3. The highest BCUT2D eigenvalue weighted by atomic mass is 19.3. The summed E-state index contributed by atoms with van der Waals surface area (Å²) in [6, 6.07) is 2.50. The van der Waals surface area contributed by atoms with Gasteiger partial charge in [0.2, 0.25) is 6.86 Å². The number of ether oxygens (including phenoxy) is 2. The SMILES string of the molecule is COc1cc(N)c(OCF)cc1C(=O)N1CCC(F)(F)C1. The van der Waals surface area contributed by atoms with E-state index in [1.54, 1.807) is 0 Å². The molecular formula is C13H15F3N2O3. The van der Waals surface area contributed by atoms with Gasteiger partial charge in [-0.25, -0.2) is 13.2 Å². The number of benzene rings is 1. The lowest BCUT2D eigenvalue weighted by Crippen LogP contribution is -2.31. The highest BCUT2D eigenvalue weighted by Crippen LogP contribution is 2.34. The number of alkyl halides is 3. The molecule has 21 heavy (non-hydrogen) atoms. The summed E-state index contributed by atoms with van der Waals surface area (Å²) in [6.07, 6.45) is -0.385. The Kier molecular flexibility index (Phi) is 4.15. The quantitative estimate of drug-likeness (QED) is 0.865. The molecule has 5 nitrogen and oxygen atoms in total. The van der Waals surface area contributed by atoms with E-state index in [-0.39, 0.29) is 35.7 Å². The van der Waals surface area contributed by atoms with E-state index < -0.39 is 25.2 Å². The van der Waals surface area contributed by atoms with Crippen molar-refractivity contribution in [3.8, 4) is 11.5 Å². The van der Waals surface area contributed by atoms with E-state index in [1.165, 1.54) is 19.2 Å². The number of methoxy groups -OCH3 is 1. The number of nitrogen functional groups attached to an aromatic ring is 1. The molecule has 2 rings (SSSR count). The molecule has 8 heteroatoms. The van der Waals surface area contributed by atoms with Crippen LogP contribution in [-0.4, -0.2) is 43.8 Å². The van der Waals surface area contributed by atoms with Gasteiger partial charge in [-0.1, -0.05) is 0 Å². The summed E-state index contributed by atoms with van der Waals surface area (Å²) >= 11 is 0. The van der Waals surface area contributed by atoms with Crippen molar-refractivity contribution in [2.45, 2.75) is 12.3 Å². The molecular weight excluding hydrogens is 289 g/mol. The zero-order valence-corrected chi connectivity index (χ0v) is 11.4. The van der Waals surface area contributed by atoms with Crippen molar-refractivity contribution < 1.29 is 27.4 Å². The smallest absolute Gasteiger partial charge is 0.267 e. The Hall–Kier alpha value is -2.12. The third-order valence-electron chi connectivity index (χ3n) is 3.23. The average molecular weight is 304 g/mol. The first-order valence-corrected chi connectivity index (χ1v) is 6.21. The lowest BCUT2D eigenvalue weighted by molar-refractivity contribution is 0.0119. The third kappa shape index (κ3) is 3.14. The number of amides is 1. The molecule has 1 heterocycles. The molecule has 1 aromatic carbocycles. The number of hydrogen-bond donors (Lipinski definition) is 1. The van der Waals surface area contributed by atoms with Crippen LogP contribution in [0.25, 0.3) is 0 Å². The first-order chi connectivity index (χ1) is 9.88.